The van der Waals surface area contributed by atoms with Crippen molar-refractivity contribution in [3.8, 4) is 11.1 Å². The van der Waals surface area contributed by atoms with Crippen LogP contribution in [0.25, 0.3) is 22.8 Å². The Morgan fingerprint density at radius 3 is 2.39 bits per heavy atom. The van der Waals surface area contributed by atoms with Crippen LogP contribution in [0, 0.1) is 6.92 Å². The Morgan fingerprint density at radius 1 is 0.903 bits per heavy atom. The highest BCUT2D eigenvalue weighted by Crippen LogP contribution is 2.43. The van der Waals surface area contributed by atoms with Crippen molar-refractivity contribution in [3.63, 3.8) is 0 Å². The molecule has 0 nitrogen and oxygen atoms in total. The van der Waals surface area contributed by atoms with Gasteiger partial charge in [0.2, 0.25) is 0 Å². The number of hydrogen-bond donors (Lipinski definition) is 0. The fourth-order valence-electron chi connectivity index (χ4n) is 4.53. The molecule has 0 radical (unpaired) electrons. The maximum atomic E-state index is 4.11. The van der Waals surface area contributed by atoms with Crippen molar-refractivity contribution in [2.24, 2.45) is 0 Å². The number of aryl methyl sites for hydroxylation is 1. The molecular weight excluding hydrogens is 372 g/mol. The molecule has 0 spiro atoms. The number of hydrogen-bond acceptors (Lipinski definition) is 0. The second-order valence-electron chi connectivity index (χ2n) is 8.39. The zero-order chi connectivity index (χ0) is 21.8. The highest BCUT2D eigenvalue weighted by atomic mass is 14.3. The van der Waals surface area contributed by atoms with Gasteiger partial charge in [-0.2, -0.15) is 0 Å². The molecule has 0 amide bonds. The molecule has 0 saturated heterocycles. The van der Waals surface area contributed by atoms with Crippen LogP contribution in [0.5, 0.6) is 0 Å². The molecule has 0 heterocycles. The number of benzene rings is 3. The molecule has 0 bridgehead atoms. The minimum Gasteiger partial charge on any atom is -0.0955 e. The average molecular weight is 403 g/mol. The third kappa shape index (κ3) is 4.39. The van der Waals surface area contributed by atoms with Crippen molar-refractivity contribution < 1.29 is 0 Å². The first-order valence-electron chi connectivity index (χ1n) is 11.0. The van der Waals surface area contributed by atoms with Gasteiger partial charge in [0.25, 0.3) is 0 Å². The van der Waals surface area contributed by atoms with Crippen LogP contribution in [0.15, 0.2) is 103 Å². The Morgan fingerprint density at radius 2 is 1.65 bits per heavy atom. The summed E-state index contributed by atoms with van der Waals surface area (Å²) in [6.07, 6.45) is 11.9. The number of allylic oxidation sites excluding steroid dienone is 6. The minimum absolute atomic E-state index is 0.336. The van der Waals surface area contributed by atoms with E-state index < -0.39 is 0 Å². The van der Waals surface area contributed by atoms with Crippen molar-refractivity contribution in [2.45, 2.75) is 33.1 Å². The van der Waals surface area contributed by atoms with Gasteiger partial charge >= 0.3 is 0 Å². The SMILES string of the molecule is C=C(C)c1ccc(-c2ccccc2C2CC(/C=C\C=C/C)=Cc3ccccc32)c(C)c1. The maximum absolute atomic E-state index is 4.11. The molecule has 154 valence electrons. The summed E-state index contributed by atoms with van der Waals surface area (Å²) in [5, 5.41) is 0. The van der Waals surface area contributed by atoms with Crippen molar-refractivity contribution in [1.82, 2.24) is 0 Å². The average Bonchev–Trinajstić information content (AvgIpc) is 2.78. The van der Waals surface area contributed by atoms with Gasteiger partial charge < -0.3 is 0 Å². The third-order valence-corrected chi connectivity index (χ3v) is 6.11. The number of fused-ring (bicyclic) bond motifs is 1. The largest absolute Gasteiger partial charge is 0.0955 e. The summed E-state index contributed by atoms with van der Waals surface area (Å²) in [6, 6.07) is 24.4. The first-order valence-corrected chi connectivity index (χ1v) is 11.0. The fourth-order valence-corrected chi connectivity index (χ4v) is 4.53. The molecule has 1 unspecified atom stereocenters. The van der Waals surface area contributed by atoms with Crippen molar-refractivity contribution in [1.29, 1.82) is 0 Å². The van der Waals surface area contributed by atoms with Gasteiger partial charge in [0, 0.05) is 5.92 Å². The van der Waals surface area contributed by atoms with Crippen LogP contribution >= 0.6 is 0 Å². The topological polar surface area (TPSA) is 0 Å². The summed E-state index contributed by atoms with van der Waals surface area (Å²) >= 11 is 0. The first-order chi connectivity index (χ1) is 15.1. The van der Waals surface area contributed by atoms with E-state index in [1.807, 2.05) is 0 Å². The molecule has 1 aliphatic rings. The summed E-state index contributed by atoms with van der Waals surface area (Å²) in [4.78, 5) is 0. The molecule has 3 aromatic rings. The van der Waals surface area contributed by atoms with Gasteiger partial charge in [-0.3, -0.25) is 0 Å². The van der Waals surface area contributed by atoms with Gasteiger partial charge in [0.05, 0.1) is 0 Å². The Balaban J connectivity index is 1.82. The van der Waals surface area contributed by atoms with E-state index in [4.69, 9.17) is 0 Å². The smallest absolute Gasteiger partial charge is 0.0142 e. The predicted octanol–water partition coefficient (Wildman–Crippen LogP) is 8.75. The molecule has 0 heteroatoms. The predicted molar refractivity (Wildman–Crippen MR) is 136 cm³/mol. The number of rotatable bonds is 5. The van der Waals surface area contributed by atoms with Gasteiger partial charge in [-0.15, -0.1) is 0 Å². The van der Waals surface area contributed by atoms with Crippen LogP contribution in [-0.4, -0.2) is 0 Å². The fraction of sp³-hybridized carbons (Fsp3) is 0.161. The van der Waals surface area contributed by atoms with E-state index in [0.717, 1.165) is 12.0 Å². The van der Waals surface area contributed by atoms with Gasteiger partial charge in [0.1, 0.15) is 0 Å². The van der Waals surface area contributed by atoms with Gasteiger partial charge in [-0.1, -0.05) is 109 Å². The van der Waals surface area contributed by atoms with Gasteiger partial charge in [-0.05, 0) is 71.7 Å². The molecule has 3 aromatic carbocycles. The molecular formula is C31H30. The molecule has 0 aromatic heterocycles. The Bertz CT molecular complexity index is 1200. The van der Waals surface area contributed by atoms with Crippen LogP contribution in [0.1, 0.15) is 54.0 Å². The quantitative estimate of drug-likeness (QED) is 0.374. The zero-order valence-corrected chi connectivity index (χ0v) is 18.7. The Labute approximate surface area is 187 Å². The van der Waals surface area contributed by atoms with Crippen molar-refractivity contribution in [2.75, 3.05) is 0 Å². The minimum atomic E-state index is 0.336. The summed E-state index contributed by atoms with van der Waals surface area (Å²) in [6.45, 7) is 10.4. The monoisotopic (exact) mass is 402 g/mol. The highest BCUT2D eigenvalue weighted by Gasteiger charge is 2.24. The Kier molecular flexibility index (Phi) is 6.18. The lowest BCUT2D eigenvalue weighted by molar-refractivity contribution is 0.800. The lowest BCUT2D eigenvalue weighted by Crippen LogP contribution is -2.10. The van der Waals surface area contributed by atoms with Crippen LogP contribution in [0.2, 0.25) is 0 Å². The lowest BCUT2D eigenvalue weighted by Gasteiger charge is -2.27. The van der Waals surface area contributed by atoms with Crippen LogP contribution in [0.3, 0.4) is 0 Å². The molecule has 0 N–H and O–H groups in total. The first kappa shape index (κ1) is 20.9. The summed E-state index contributed by atoms with van der Waals surface area (Å²) in [5.74, 6) is 0.336. The molecule has 1 atom stereocenters. The molecule has 0 fully saturated rings. The van der Waals surface area contributed by atoms with E-state index in [0.29, 0.717) is 5.92 Å². The van der Waals surface area contributed by atoms with Gasteiger partial charge in [0.15, 0.2) is 0 Å². The van der Waals surface area contributed by atoms with E-state index in [1.54, 1.807) is 0 Å². The van der Waals surface area contributed by atoms with E-state index in [2.05, 4.69) is 124 Å². The zero-order valence-electron chi connectivity index (χ0n) is 18.7. The second kappa shape index (κ2) is 9.18. The standard InChI is InChI=1S/C31H30/c1-5-6-7-12-24-20-26-13-8-9-14-28(26)31(21-24)30-16-11-10-15-29(30)27-18-17-25(22(2)3)19-23(27)4/h5-20,31H,2,21H2,1,3-4H3/b6-5-,12-7-. The lowest BCUT2D eigenvalue weighted by atomic mass is 9.76. The van der Waals surface area contributed by atoms with Crippen LogP contribution < -0.4 is 0 Å². The second-order valence-corrected chi connectivity index (χ2v) is 8.39. The van der Waals surface area contributed by atoms with E-state index in [-0.39, 0.29) is 0 Å². The van der Waals surface area contributed by atoms with E-state index >= 15 is 0 Å². The van der Waals surface area contributed by atoms with Crippen molar-refractivity contribution >= 4 is 11.6 Å². The normalized spacial score (nSPS) is 15.8. The summed E-state index contributed by atoms with van der Waals surface area (Å²) < 4.78 is 0. The Hall–Kier alpha value is -3.38. The van der Waals surface area contributed by atoms with Crippen LogP contribution in [0.4, 0.5) is 0 Å². The third-order valence-electron chi connectivity index (χ3n) is 6.11. The van der Waals surface area contributed by atoms with E-state index in [1.165, 1.54) is 44.5 Å². The van der Waals surface area contributed by atoms with E-state index in [9.17, 15) is 0 Å². The summed E-state index contributed by atoms with van der Waals surface area (Å²) in [5.41, 5.74) is 11.7. The van der Waals surface area contributed by atoms with Gasteiger partial charge in [-0.25, -0.2) is 0 Å². The highest BCUT2D eigenvalue weighted by molar-refractivity contribution is 5.76. The summed E-state index contributed by atoms with van der Waals surface area (Å²) in [7, 11) is 0. The van der Waals surface area contributed by atoms with Crippen LogP contribution in [-0.2, 0) is 0 Å². The molecule has 1 aliphatic carbocycles. The molecule has 0 aliphatic heterocycles. The molecule has 31 heavy (non-hydrogen) atoms. The molecule has 0 saturated carbocycles. The molecule has 4 rings (SSSR count). The van der Waals surface area contributed by atoms with Crippen molar-refractivity contribution in [3.05, 3.63) is 131 Å². The maximum Gasteiger partial charge on any atom is 0.0142 e.